The van der Waals surface area contributed by atoms with Crippen LogP contribution in [-0.4, -0.2) is 17.7 Å². The van der Waals surface area contributed by atoms with Crippen LogP contribution in [0.25, 0.3) is 10.9 Å². The molecular formula is C16H21BrN2. The summed E-state index contributed by atoms with van der Waals surface area (Å²) in [5, 5.41) is 4.92. The van der Waals surface area contributed by atoms with Gasteiger partial charge in [-0.15, -0.1) is 0 Å². The summed E-state index contributed by atoms with van der Waals surface area (Å²) in [6.07, 6.45) is 2.56. The molecule has 0 radical (unpaired) electrons. The molecule has 2 nitrogen and oxygen atoms in total. The Labute approximate surface area is 123 Å². The van der Waals surface area contributed by atoms with Gasteiger partial charge in [0.1, 0.15) is 0 Å². The van der Waals surface area contributed by atoms with Crippen molar-refractivity contribution in [2.45, 2.75) is 32.6 Å². The van der Waals surface area contributed by atoms with Gasteiger partial charge < -0.3 is 9.88 Å². The smallest absolute Gasteiger partial charge is 0.0524 e. The highest BCUT2D eigenvalue weighted by Gasteiger charge is 2.24. The van der Waals surface area contributed by atoms with Crippen molar-refractivity contribution in [3.63, 3.8) is 0 Å². The maximum Gasteiger partial charge on any atom is 0.0524 e. The van der Waals surface area contributed by atoms with Crippen LogP contribution in [0.15, 0.2) is 16.6 Å². The zero-order chi connectivity index (χ0) is 13.6. The zero-order valence-corrected chi connectivity index (χ0v) is 13.5. The Morgan fingerprint density at radius 3 is 2.63 bits per heavy atom. The molecule has 1 aromatic carbocycles. The van der Waals surface area contributed by atoms with Crippen molar-refractivity contribution in [2.75, 3.05) is 13.1 Å². The van der Waals surface area contributed by atoms with E-state index >= 15 is 0 Å². The Hall–Kier alpha value is -0.800. The number of aryl methyl sites for hydroxylation is 3. The molecule has 3 rings (SSSR count). The van der Waals surface area contributed by atoms with Gasteiger partial charge in [0.15, 0.2) is 0 Å². The van der Waals surface area contributed by atoms with Crippen molar-refractivity contribution in [1.29, 1.82) is 0 Å². The van der Waals surface area contributed by atoms with Crippen LogP contribution in [-0.2, 0) is 7.05 Å². The molecule has 0 aliphatic carbocycles. The van der Waals surface area contributed by atoms with Crippen molar-refractivity contribution in [3.05, 3.63) is 33.4 Å². The molecule has 2 aromatic rings. The van der Waals surface area contributed by atoms with Gasteiger partial charge in [0.05, 0.1) is 5.52 Å². The van der Waals surface area contributed by atoms with E-state index in [4.69, 9.17) is 0 Å². The highest BCUT2D eigenvalue weighted by atomic mass is 79.9. The fourth-order valence-corrected chi connectivity index (χ4v) is 4.53. The highest BCUT2D eigenvalue weighted by molar-refractivity contribution is 9.10. The molecule has 1 fully saturated rings. The highest BCUT2D eigenvalue weighted by Crippen LogP contribution is 2.39. The van der Waals surface area contributed by atoms with Gasteiger partial charge in [-0.05, 0) is 60.3 Å². The first-order chi connectivity index (χ1) is 9.11. The van der Waals surface area contributed by atoms with E-state index < -0.39 is 0 Å². The van der Waals surface area contributed by atoms with Gasteiger partial charge in [-0.2, -0.15) is 0 Å². The quantitative estimate of drug-likeness (QED) is 0.839. The Bertz CT molecular complexity index is 576. The molecule has 1 atom stereocenters. The Balaban J connectivity index is 2.25. The molecule has 0 bridgehead atoms. The van der Waals surface area contributed by atoms with E-state index in [1.165, 1.54) is 45.0 Å². The van der Waals surface area contributed by atoms with Crippen LogP contribution in [0.1, 0.15) is 35.6 Å². The number of nitrogens with one attached hydrogen (secondary N) is 1. The van der Waals surface area contributed by atoms with Crippen LogP contribution in [0, 0.1) is 13.8 Å². The summed E-state index contributed by atoms with van der Waals surface area (Å²) in [5.41, 5.74) is 5.56. The predicted molar refractivity (Wildman–Crippen MR) is 84.9 cm³/mol. The summed E-state index contributed by atoms with van der Waals surface area (Å²) in [4.78, 5) is 0. The van der Waals surface area contributed by atoms with Crippen molar-refractivity contribution in [2.24, 2.45) is 7.05 Å². The first-order valence-electron chi connectivity index (χ1n) is 7.06. The molecule has 1 N–H and O–H groups in total. The monoisotopic (exact) mass is 320 g/mol. The number of rotatable bonds is 1. The lowest BCUT2D eigenvalue weighted by Gasteiger charge is -2.24. The van der Waals surface area contributed by atoms with Crippen molar-refractivity contribution >= 4 is 26.8 Å². The normalized spacial score (nSPS) is 20.1. The minimum Gasteiger partial charge on any atom is -0.346 e. The van der Waals surface area contributed by atoms with Crippen LogP contribution >= 0.6 is 15.9 Å². The third-order valence-electron chi connectivity index (χ3n) is 4.41. The number of hydrogen-bond acceptors (Lipinski definition) is 1. The molecule has 102 valence electrons. The van der Waals surface area contributed by atoms with Gasteiger partial charge in [0.25, 0.3) is 0 Å². The maximum absolute atomic E-state index is 3.87. The van der Waals surface area contributed by atoms with E-state index in [1.54, 1.807) is 0 Å². The molecule has 1 unspecified atom stereocenters. The van der Waals surface area contributed by atoms with Gasteiger partial charge in [0, 0.05) is 35.1 Å². The van der Waals surface area contributed by atoms with Crippen LogP contribution in [0.4, 0.5) is 0 Å². The summed E-state index contributed by atoms with van der Waals surface area (Å²) >= 11 is 3.87. The van der Waals surface area contributed by atoms with Gasteiger partial charge in [-0.25, -0.2) is 0 Å². The molecule has 1 aliphatic heterocycles. The first-order valence-corrected chi connectivity index (χ1v) is 7.85. The summed E-state index contributed by atoms with van der Waals surface area (Å²) in [7, 11) is 2.21. The average Bonchev–Trinajstić information content (AvgIpc) is 2.68. The van der Waals surface area contributed by atoms with Crippen molar-refractivity contribution < 1.29 is 0 Å². The van der Waals surface area contributed by atoms with E-state index in [1.807, 2.05) is 0 Å². The van der Waals surface area contributed by atoms with Gasteiger partial charge >= 0.3 is 0 Å². The number of nitrogens with zero attached hydrogens (tertiary/aromatic N) is 1. The fraction of sp³-hybridized carbons (Fsp3) is 0.500. The minimum absolute atomic E-state index is 0.624. The molecular weight excluding hydrogens is 300 g/mol. The molecule has 0 spiro atoms. The molecule has 1 saturated heterocycles. The summed E-state index contributed by atoms with van der Waals surface area (Å²) in [6.45, 7) is 6.67. The fourth-order valence-electron chi connectivity index (χ4n) is 3.44. The SMILES string of the molecule is Cc1ccc(C)c2c1c(Br)c(C1CCCNC1)n2C. The molecule has 2 heterocycles. The molecule has 1 aliphatic rings. The summed E-state index contributed by atoms with van der Waals surface area (Å²) in [5.74, 6) is 0.624. The second kappa shape index (κ2) is 4.95. The Kier molecular flexibility index (Phi) is 3.44. The van der Waals surface area contributed by atoms with Crippen LogP contribution in [0.5, 0.6) is 0 Å². The van der Waals surface area contributed by atoms with Gasteiger partial charge in [0.2, 0.25) is 0 Å². The van der Waals surface area contributed by atoms with Gasteiger partial charge in [-0.3, -0.25) is 0 Å². The van der Waals surface area contributed by atoms with Crippen molar-refractivity contribution in [1.82, 2.24) is 9.88 Å². The van der Waals surface area contributed by atoms with E-state index in [-0.39, 0.29) is 0 Å². The van der Waals surface area contributed by atoms with Crippen LogP contribution < -0.4 is 5.32 Å². The van der Waals surface area contributed by atoms with Crippen molar-refractivity contribution in [3.8, 4) is 0 Å². The largest absolute Gasteiger partial charge is 0.346 e. The van der Waals surface area contributed by atoms with E-state index in [0.717, 1.165) is 13.1 Å². The minimum atomic E-state index is 0.624. The third-order valence-corrected chi connectivity index (χ3v) is 5.22. The number of piperidine rings is 1. The molecule has 0 amide bonds. The Morgan fingerprint density at radius 1 is 1.26 bits per heavy atom. The summed E-state index contributed by atoms with van der Waals surface area (Å²) < 4.78 is 3.71. The number of benzene rings is 1. The topological polar surface area (TPSA) is 17.0 Å². The van der Waals surface area contributed by atoms with E-state index in [9.17, 15) is 0 Å². The third kappa shape index (κ3) is 2.03. The predicted octanol–water partition coefficient (Wildman–Crippen LogP) is 4.02. The van der Waals surface area contributed by atoms with Crippen LogP contribution in [0.2, 0.25) is 0 Å². The molecule has 19 heavy (non-hydrogen) atoms. The molecule has 1 aromatic heterocycles. The lowest BCUT2D eigenvalue weighted by atomic mass is 9.96. The summed E-state index contributed by atoms with van der Waals surface area (Å²) in [6, 6.07) is 4.46. The lowest BCUT2D eigenvalue weighted by molar-refractivity contribution is 0.447. The van der Waals surface area contributed by atoms with E-state index in [0.29, 0.717) is 5.92 Å². The standard InChI is InChI=1S/C16H21BrN2/c1-10-6-7-11(2)15-13(10)14(17)16(19(15)3)12-5-4-8-18-9-12/h6-7,12,18H,4-5,8-9H2,1-3H3. The number of hydrogen-bond donors (Lipinski definition) is 1. The number of aromatic nitrogens is 1. The second-order valence-electron chi connectivity index (χ2n) is 5.72. The van der Waals surface area contributed by atoms with Crippen LogP contribution in [0.3, 0.4) is 0 Å². The van der Waals surface area contributed by atoms with E-state index in [2.05, 4.69) is 58.8 Å². The second-order valence-corrected chi connectivity index (χ2v) is 6.52. The average molecular weight is 321 g/mol. The Morgan fingerprint density at radius 2 is 2.00 bits per heavy atom. The molecule has 3 heteroatoms. The number of fused-ring (bicyclic) bond motifs is 1. The van der Waals surface area contributed by atoms with Gasteiger partial charge in [-0.1, -0.05) is 12.1 Å². The maximum atomic E-state index is 3.87. The molecule has 0 saturated carbocycles. The number of halogens is 1. The lowest BCUT2D eigenvalue weighted by Crippen LogP contribution is -2.29. The zero-order valence-electron chi connectivity index (χ0n) is 11.9. The first kappa shape index (κ1) is 13.2.